The van der Waals surface area contributed by atoms with Crippen molar-refractivity contribution in [2.45, 2.75) is 19.4 Å². The van der Waals surface area contributed by atoms with E-state index in [9.17, 15) is 15.0 Å². The monoisotopic (exact) mass is 411 g/mol. The molecule has 5 rings (SSSR count). The highest BCUT2D eigenvalue weighted by atomic mass is 16.4. The molecule has 0 saturated carbocycles. The van der Waals surface area contributed by atoms with Crippen LogP contribution in [0.25, 0.3) is 21.7 Å². The molecule has 3 N–H and O–H groups in total. The zero-order chi connectivity index (χ0) is 21.5. The van der Waals surface area contributed by atoms with Crippen LogP contribution >= 0.6 is 0 Å². The molecule has 5 heteroatoms. The van der Waals surface area contributed by atoms with Gasteiger partial charge in [-0.1, -0.05) is 60.7 Å². The summed E-state index contributed by atoms with van der Waals surface area (Å²) in [6.45, 7) is 1.54. The molecule has 0 saturated heterocycles. The van der Waals surface area contributed by atoms with Crippen molar-refractivity contribution in [3.8, 4) is 5.75 Å². The zero-order valence-electron chi connectivity index (χ0n) is 16.9. The first-order valence-electron chi connectivity index (χ1n) is 10.1. The summed E-state index contributed by atoms with van der Waals surface area (Å²) in [5.41, 5.74) is 3.09. The van der Waals surface area contributed by atoms with Crippen LogP contribution < -0.4 is 5.43 Å². The quantitative estimate of drug-likeness (QED) is 0.390. The minimum absolute atomic E-state index is 0.112. The van der Waals surface area contributed by atoms with E-state index in [1.165, 1.54) is 0 Å². The zero-order valence-corrected chi connectivity index (χ0v) is 16.9. The molecule has 3 aromatic carbocycles. The van der Waals surface area contributed by atoms with Gasteiger partial charge in [0.1, 0.15) is 12.4 Å². The van der Waals surface area contributed by atoms with E-state index in [2.05, 4.69) is 4.98 Å². The summed E-state index contributed by atoms with van der Waals surface area (Å²) in [7, 11) is 0. The number of aromatic nitrogens is 1. The highest BCUT2D eigenvalue weighted by Gasteiger charge is 2.29. The van der Waals surface area contributed by atoms with E-state index in [1.807, 2.05) is 73.7 Å². The molecule has 0 aliphatic carbocycles. The van der Waals surface area contributed by atoms with Crippen LogP contribution in [0.3, 0.4) is 0 Å². The number of para-hydroxylation sites is 1. The van der Waals surface area contributed by atoms with Crippen LogP contribution in [0.2, 0.25) is 0 Å². The Morgan fingerprint density at radius 2 is 1.71 bits per heavy atom. The molecular formula is C26H21NO4. The summed E-state index contributed by atoms with van der Waals surface area (Å²) in [4.78, 5) is 15.9. The van der Waals surface area contributed by atoms with Gasteiger partial charge in [0.2, 0.25) is 11.2 Å². The van der Waals surface area contributed by atoms with Gasteiger partial charge in [0.15, 0.2) is 5.76 Å². The van der Waals surface area contributed by atoms with Gasteiger partial charge in [-0.05, 0) is 34.9 Å². The van der Waals surface area contributed by atoms with Gasteiger partial charge in [0.25, 0.3) is 0 Å². The summed E-state index contributed by atoms with van der Waals surface area (Å²) >= 11 is 0. The van der Waals surface area contributed by atoms with E-state index in [4.69, 9.17) is 4.42 Å². The van der Waals surface area contributed by atoms with E-state index >= 15 is 0 Å². The minimum atomic E-state index is -0.575. The largest absolute Gasteiger partial charge is 0.502 e. The molecule has 0 aliphatic rings. The van der Waals surface area contributed by atoms with Gasteiger partial charge in [0.05, 0.1) is 5.92 Å². The molecule has 5 aromatic rings. The van der Waals surface area contributed by atoms with Crippen molar-refractivity contribution < 1.29 is 14.6 Å². The van der Waals surface area contributed by atoms with Gasteiger partial charge in [-0.3, -0.25) is 4.79 Å². The summed E-state index contributed by atoms with van der Waals surface area (Å²) < 4.78 is 5.88. The average Bonchev–Trinajstić information content (AvgIpc) is 3.12. The number of aromatic amines is 1. The van der Waals surface area contributed by atoms with Crippen LogP contribution in [0.5, 0.6) is 5.75 Å². The van der Waals surface area contributed by atoms with Crippen LogP contribution in [-0.4, -0.2) is 15.2 Å². The number of aromatic hydroxyl groups is 1. The molecule has 0 spiro atoms. The molecule has 31 heavy (non-hydrogen) atoms. The molecule has 154 valence electrons. The molecule has 0 bridgehead atoms. The van der Waals surface area contributed by atoms with E-state index in [0.717, 1.165) is 44.6 Å². The second kappa shape index (κ2) is 7.45. The van der Waals surface area contributed by atoms with Crippen molar-refractivity contribution >= 4 is 21.7 Å². The smallest absolute Gasteiger partial charge is 0.227 e. The number of nitrogens with one attached hydrogen (secondary N) is 1. The lowest BCUT2D eigenvalue weighted by atomic mass is 9.85. The number of benzene rings is 3. The molecule has 0 fully saturated rings. The maximum Gasteiger partial charge on any atom is 0.227 e. The van der Waals surface area contributed by atoms with Gasteiger partial charge in [0, 0.05) is 22.7 Å². The Labute approximate surface area is 178 Å². The Kier molecular flexibility index (Phi) is 4.60. The second-order valence-corrected chi connectivity index (χ2v) is 7.70. The fourth-order valence-electron chi connectivity index (χ4n) is 4.34. The number of aryl methyl sites for hydroxylation is 1. The van der Waals surface area contributed by atoms with Crippen LogP contribution in [0.4, 0.5) is 0 Å². The van der Waals surface area contributed by atoms with E-state index < -0.39 is 23.7 Å². The van der Waals surface area contributed by atoms with Crippen LogP contribution in [0.15, 0.2) is 82.0 Å². The second-order valence-electron chi connectivity index (χ2n) is 7.70. The molecule has 2 heterocycles. The van der Waals surface area contributed by atoms with Crippen molar-refractivity contribution in [2.75, 3.05) is 0 Å². The van der Waals surface area contributed by atoms with Gasteiger partial charge in [-0.15, -0.1) is 0 Å². The fraction of sp³-hybridized carbons (Fsp3) is 0.115. The van der Waals surface area contributed by atoms with Gasteiger partial charge in [-0.2, -0.15) is 0 Å². The van der Waals surface area contributed by atoms with Crippen molar-refractivity contribution in [1.29, 1.82) is 0 Å². The molecule has 0 amide bonds. The maximum atomic E-state index is 12.5. The molecular weight excluding hydrogens is 390 g/mol. The van der Waals surface area contributed by atoms with E-state index in [0.29, 0.717) is 0 Å². The highest BCUT2D eigenvalue weighted by molar-refractivity contribution is 5.87. The van der Waals surface area contributed by atoms with Crippen LogP contribution in [0.1, 0.15) is 34.3 Å². The van der Waals surface area contributed by atoms with Crippen LogP contribution in [-0.2, 0) is 6.61 Å². The van der Waals surface area contributed by atoms with Crippen molar-refractivity contribution in [2.24, 2.45) is 0 Å². The third-order valence-corrected chi connectivity index (χ3v) is 5.76. The first kappa shape index (κ1) is 19.2. The lowest BCUT2D eigenvalue weighted by Gasteiger charge is -2.20. The Balaban J connectivity index is 1.86. The Bertz CT molecular complexity index is 1480. The summed E-state index contributed by atoms with van der Waals surface area (Å²) in [5.74, 6) is -0.749. The minimum Gasteiger partial charge on any atom is -0.502 e. The SMILES string of the molecule is Cc1[nH]c2ccccc2c1C(c1ccc2ccccc2c1)c1oc(CO)cc(=O)c1O. The van der Waals surface area contributed by atoms with E-state index in [1.54, 1.807) is 0 Å². The lowest BCUT2D eigenvalue weighted by molar-refractivity contribution is 0.235. The number of hydrogen-bond donors (Lipinski definition) is 3. The van der Waals surface area contributed by atoms with Crippen molar-refractivity contribution in [3.63, 3.8) is 0 Å². The normalized spacial score (nSPS) is 12.5. The number of hydrogen-bond acceptors (Lipinski definition) is 4. The van der Waals surface area contributed by atoms with Gasteiger partial charge < -0.3 is 19.6 Å². The van der Waals surface area contributed by atoms with Gasteiger partial charge >= 0.3 is 0 Å². The van der Waals surface area contributed by atoms with E-state index in [-0.39, 0.29) is 11.5 Å². The molecule has 1 unspecified atom stereocenters. The molecule has 5 nitrogen and oxygen atoms in total. The molecule has 2 aromatic heterocycles. The van der Waals surface area contributed by atoms with Crippen LogP contribution in [0, 0.1) is 6.92 Å². The summed E-state index contributed by atoms with van der Waals surface area (Å²) in [6, 6.07) is 23.1. The maximum absolute atomic E-state index is 12.5. The third kappa shape index (κ3) is 3.20. The van der Waals surface area contributed by atoms with Crippen molar-refractivity contribution in [1.82, 2.24) is 4.98 Å². The topological polar surface area (TPSA) is 86.5 Å². The first-order chi connectivity index (χ1) is 15.1. The van der Waals surface area contributed by atoms with Crippen molar-refractivity contribution in [3.05, 3.63) is 111 Å². The average molecular weight is 411 g/mol. The third-order valence-electron chi connectivity index (χ3n) is 5.76. The molecule has 0 aliphatic heterocycles. The Morgan fingerprint density at radius 1 is 0.968 bits per heavy atom. The Morgan fingerprint density at radius 3 is 2.52 bits per heavy atom. The lowest BCUT2D eigenvalue weighted by Crippen LogP contribution is -2.11. The molecule has 0 radical (unpaired) electrons. The summed E-state index contributed by atoms with van der Waals surface area (Å²) in [6.07, 6.45) is 0. The number of rotatable bonds is 4. The first-order valence-corrected chi connectivity index (χ1v) is 10.1. The standard InChI is InChI=1S/C26H21NO4/c1-15-23(20-8-4-5-9-21(20)27-15)24(26-25(30)22(29)13-19(14-28)31-26)18-11-10-16-6-2-3-7-17(16)12-18/h2-13,24,27-28,30H,14H2,1H3. The predicted molar refractivity (Wildman–Crippen MR) is 120 cm³/mol. The molecule has 1 atom stereocenters. The fourth-order valence-corrected chi connectivity index (χ4v) is 4.34. The number of H-pyrrole nitrogens is 1. The Hall–Kier alpha value is -3.83. The van der Waals surface area contributed by atoms with Gasteiger partial charge in [-0.25, -0.2) is 0 Å². The number of fused-ring (bicyclic) bond motifs is 2. The number of aliphatic hydroxyl groups is 1. The highest BCUT2D eigenvalue weighted by Crippen LogP contribution is 2.41. The predicted octanol–water partition coefficient (Wildman–Crippen LogP) is 4.96. The summed E-state index contributed by atoms with van der Waals surface area (Å²) in [5, 5.41) is 23.5. The number of aliphatic hydroxyl groups excluding tert-OH is 1.